The predicted octanol–water partition coefficient (Wildman–Crippen LogP) is 2.29. The van der Waals surface area contributed by atoms with E-state index >= 15 is 0 Å². The fourth-order valence-electron chi connectivity index (χ4n) is 5.73. The third-order valence-corrected chi connectivity index (χ3v) is 6.76. The highest BCUT2D eigenvalue weighted by Gasteiger charge is 2.82. The van der Waals surface area contributed by atoms with Gasteiger partial charge in [-0.3, -0.25) is 19.2 Å². The second kappa shape index (κ2) is 5.39. The number of carbonyl (C=O) groups is 4. The predicted molar refractivity (Wildman–Crippen MR) is 80.2 cm³/mol. The molecule has 2 saturated carbocycles. The average molecular weight is 334 g/mol. The zero-order valence-electron chi connectivity index (χ0n) is 13.7. The summed E-state index contributed by atoms with van der Waals surface area (Å²) in [5.41, 5.74) is -2.94. The Kier molecular flexibility index (Phi) is 3.55. The molecule has 0 N–H and O–H groups in total. The molecule has 2 heterocycles. The van der Waals surface area contributed by atoms with Gasteiger partial charge in [0.25, 0.3) is 0 Å². The van der Waals surface area contributed by atoms with Gasteiger partial charge in [0, 0.05) is 0 Å². The Morgan fingerprint density at radius 1 is 0.708 bits per heavy atom. The number of ether oxygens (including phenoxy) is 2. The Labute approximate surface area is 140 Å². The summed E-state index contributed by atoms with van der Waals surface area (Å²) in [7, 11) is 0. The summed E-state index contributed by atoms with van der Waals surface area (Å²) in [5.74, 6) is -3.92. The summed E-state index contributed by atoms with van der Waals surface area (Å²) >= 11 is 0. The quantitative estimate of drug-likeness (QED) is 0.415. The van der Waals surface area contributed by atoms with Crippen molar-refractivity contribution in [3.8, 4) is 0 Å². The minimum absolute atomic E-state index is 0.0991. The highest BCUT2D eigenvalue weighted by atomic mass is 16.6. The number of esters is 4. The topological polar surface area (TPSA) is 86.7 Å². The first-order valence-corrected chi connectivity index (χ1v) is 9.08. The van der Waals surface area contributed by atoms with Gasteiger partial charge in [0.2, 0.25) is 0 Å². The van der Waals surface area contributed by atoms with Crippen LogP contribution in [0.25, 0.3) is 0 Å². The van der Waals surface area contributed by atoms with E-state index in [1.54, 1.807) is 0 Å². The van der Waals surface area contributed by atoms with E-state index in [1.807, 2.05) is 0 Å². The van der Waals surface area contributed by atoms with E-state index in [-0.39, 0.29) is 5.92 Å². The first kappa shape index (κ1) is 15.8. The van der Waals surface area contributed by atoms with Crippen molar-refractivity contribution in [1.82, 2.24) is 0 Å². The van der Waals surface area contributed by atoms with Crippen molar-refractivity contribution in [3.05, 3.63) is 0 Å². The normalized spacial score (nSPS) is 40.4. The Hall–Kier alpha value is -1.72. The Balaban J connectivity index is 1.92. The summed E-state index contributed by atoms with van der Waals surface area (Å²) in [6.45, 7) is 0. The summed E-state index contributed by atoms with van der Waals surface area (Å²) in [5, 5.41) is 0. The molecule has 0 aromatic rings. The Morgan fingerprint density at radius 3 is 2.04 bits per heavy atom. The van der Waals surface area contributed by atoms with E-state index in [0.717, 1.165) is 44.9 Å². The number of hydrogen-bond donors (Lipinski definition) is 0. The van der Waals surface area contributed by atoms with Crippen LogP contribution in [0.15, 0.2) is 0 Å². The lowest BCUT2D eigenvalue weighted by molar-refractivity contribution is -0.165. The summed E-state index contributed by atoms with van der Waals surface area (Å²) in [6, 6.07) is 0. The molecular formula is C18H22O6. The smallest absolute Gasteiger partial charge is 0.333 e. The maximum atomic E-state index is 12.9. The van der Waals surface area contributed by atoms with Gasteiger partial charge in [-0.05, 0) is 31.6 Å². The van der Waals surface area contributed by atoms with Crippen LogP contribution in [-0.4, -0.2) is 23.9 Å². The average Bonchev–Trinajstić information content (AvgIpc) is 2.80. The fourth-order valence-corrected chi connectivity index (χ4v) is 5.73. The van der Waals surface area contributed by atoms with Crippen LogP contribution in [0.2, 0.25) is 0 Å². The summed E-state index contributed by atoms with van der Waals surface area (Å²) in [4.78, 5) is 50.8. The van der Waals surface area contributed by atoms with Crippen molar-refractivity contribution < 1.29 is 28.7 Å². The molecule has 6 nitrogen and oxygen atoms in total. The lowest BCUT2D eigenvalue weighted by Gasteiger charge is -2.41. The van der Waals surface area contributed by atoms with Crippen LogP contribution in [-0.2, 0) is 28.7 Å². The molecule has 3 unspecified atom stereocenters. The number of carbonyl (C=O) groups excluding carboxylic acids is 4. The van der Waals surface area contributed by atoms with Crippen LogP contribution in [0.5, 0.6) is 0 Å². The van der Waals surface area contributed by atoms with Crippen LogP contribution in [0.1, 0.15) is 64.2 Å². The van der Waals surface area contributed by atoms with Crippen molar-refractivity contribution in [2.24, 2.45) is 22.7 Å². The van der Waals surface area contributed by atoms with Crippen molar-refractivity contribution >= 4 is 23.9 Å². The number of hydrogen-bond acceptors (Lipinski definition) is 6. The molecule has 24 heavy (non-hydrogen) atoms. The number of rotatable bonds is 1. The van der Waals surface area contributed by atoms with Gasteiger partial charge in [-0.15, -0.1) is 0 Å². The molecular weight excluding hydrogens is 312 g/mol. The number of cyclic esters (lactones) is 4. The van der Waals surface area contributed by atoms with Crippen molar-refractivity contribution in [1.29, 1.82) is 0 Å². The van der Waals surface area contributed by atoms with E-state index < -0.39 is 40.6 Å². The van der Waals surface area contributed by atoms with Crippen molar-refractivity contribution in [3.63, 3.8) is 0 Å². The van der Waals surface area contributed by atoms with Gasteiger partial charge in [0.1, 0.15) is 0 Å². The van der Waals surface area contributed by atoms with Crippen molar-refractivity contribution in [2.45, 2.75) is 64.2 Å². The van der Waals surface area contributed by atoms with Gasteiger partial charge >= 0.3 is 23.9 Å². The minimum atomic E-state index is -1.73. The summed E-state index contributed by atoms with van der Waals surface area (Å²) < 4.78 is 9.96. The second-order valence-electron chi connectivity index (χ2n) is 7.65. The van der Waals surface area contributed by atoms with Crippen LogP contribution in [0, 0.1) is 22.7 Å². The molecule has 2 aliphatic carbocycles. The summed E-state index contributed by atoms with van der Waals surface area (Å²) in [6.07, 6.45) is 7.97. The second-order valence-corrected chi connectivity index (χ2v) is 7.65. The molecule has 2 aliphatic heterocycles. The third-order valence-electron chi connectivity index (χ3n) is 6.76. The first-order valence-electron chi connectivity index (χ1n) is 9.08. The largest absolute Gasteiger partial charge is 0.392 e. The zero-order valence-corrected chi connectivity index (χ0v) is 13.7. The van der Waals surface area contributed by atoms with Crippen LogP contribution in [0.4, 0.5) is 0 Å². The monoisotopic (exact) mass is 334 g/mol. The van der Waals surface area contributed by atoms with E-state index in [1.165, 1.54) is 0 Å². The Bertz CT molecular complexity index is 607. The molecule has 1 spiro atoms. The van der Waals surface area contributed by atoms with Gasteiger partial charge in [-0.2, -0.15) is 0 Å². The molecule has 4 aliphatic rings. The SMILES string of the molecule is O=C1OC(=O)C23C(=O)OC(=O)C2(C2CCCCCC2)CCCCC13. The molecule has 4 fully saturated rings. The van der Waals surface area contributed by atoms with Crippen molar-refractivity contribution in [2.75, 3.05) is 0 Å². The van der Waals surface area contributed by atoms with Crippen LogP contribution >= 0.6 is 0 Å². The minimum Gasteiger partial charge on any atom is -0.392 e. The van der Waals surface area contributed by atoms with Gasteiger partial charge < -0.3 is 9.47 Å². The first-order chi connectivity index (χ1) is 11.5. The van der Waals surface area contributed by atoms with Gasteiger partial charge in [-0.25, -0.2) is 0 Å². The molecule has 0 aromatic heterocycles. The third kappa shape index (κ3) is 1.72. The maximum Gasteiger partial charge on any atom is 0.333 e. The molecule has 0 aromatic carbocycles. The van der Waals surface area contributed by atoms with Gasteiger partial charge in [0.05, 0.1) is 11.3 Å². The van der Waals surface area contributed by atoms with E-state index in [0.29, 0.717) is 19.3 Å². The molecule has 0 amide bonds. The van der Waals surface area contributed by atoms with Gasteiger partial charge in [-0.1, -0.05) is 38.5 Å². The fraction of sp³-hybridized carbons (Fsp3) is 0.778. The highest BCUT2D eigenvalue weighted by molar-refractivity contribution is 6.20. The van der Waals surface area contributed by atoms with E-state index in [4.69, 9.17) is 9.47 Å². The highest BCUT2D eigenvalue weighted by Crippen LogP contribution is 2.65. The Morgan fingerprint density at radius 2 is 1.33 bits per heavy atom. The van der Waals surface area contributed by atoms with Crippen LogP contribution in [0.3, 0.4) is 0 Å². The van der Waals surface area contributed by atoms with Crippen LogP contribution < -0.4 is 0 Å². The zero-order chi connectivity index (χ0) is 16.9. The lowest BCUT2D eigenvalue weighted by Crippen LogP contribution is -2.55. The molecule has 130 valence electrons. The van der Waals surface area contributed by atoms with E-state index in [2.05, 4.69) is 0 Å². The lowest BCUT2D eigenvalue weighted by atomic mass is 9.52. The maximum absolute atomic E-state index is 12.9. The standard InChI is InChI=1S/C18H22O6/c19-13-12-9-5-6-10-17(11-7-3-1-2-4-8-11)14(20)24-16(22)18(12,17)15(21)23-13/h11-12H,1-10H2. The molecule has 0 bridgehead atoms. The molecule has 3 atom stereocenters. The molecule has 0 radical (unpaired) electrons. The van der Waals surface area contributed by atoms with E-state index in [9.17, 15) is 19.2 Å². The van der Waals surface area contributed by atoms with Gasteiger partial charge in [0.15, 0.2) is 5.41 Å². The molecule has 2 saturated heterocycles. The molecule has 4 rings (SSSR count). The molecule has 6 heteroatoms.